The number of hydrogen-bond acceptors (Lipinski definition) is 8. The van der Waals surface area contributed by atoms with E-state index >= 15 is 0 Å². The first-order chi connectivity index (χ1) is 19.3. The minimum Gasteiger partial charge on any atom is -0.507 e. The lowest BCUT2D eigenvalue weighted by atomic mass is 9.68. The number of likely N-dealkylation sites (tertiary alicyclic amines) is 1. The van der Waals surface area contributed by atoms with Gasteiger partial charge in [0, 0.05) is 18.4 Å². The zero-order chi connectivity index (χ0) is 29.0. The van der Waals surface area contributed by atoms with Gasteiger partial charge in [-0.1, -0.05) is 55.3 Å². The Hall–Kier alpha value is -3.53. The highest BCUT2D eigenvalue weighted by atomic mass is 16.5. The first-order valence-electron chi connectivity index (χ1n) is 13.6. The Morgan fingerprint density at radius 3 is 2.48 bits per heavy atom. The van der Waals surface area contributed by atoms with Gasteiger partial charge < -0.3 is 24.8 Å². The molecule has 9 heteroatoms. The van der Waals surface area contributed by atoms with Crippen LogP contribution in [0, 0.1) is 17.8 Å². The summed E-state index contributed by atoms with van der Waals surface area (Å²) in [6, 6.07) is 11.2. The third kappa shape index (κ3) is 5.54. The highest BCUT2D eigenvalue weighted by molar-refractivity contribution is 6.16. The van der Waals surface area contributed by atoms with Crippen LogP contribution in [-0.2, 0) is 19.1 Å². The third-order valence-corrected chi connectivity index (χ3v) is 8.02. The highest BCUT2D eigenvalue weighted by Crippen LogP contribution is 2.46. The van der Waals surface area contributed by atoms with Gasteiger partial charge in [0.15, 0.2) is 0 Å². The maximum Gasteiger partial charge on any atom is 0.423 e. The summed E-state index contributed by atoms with van der Waals surface area (Å²) in [6.45, 7) is 1.74. The molecule has 0 unspecified atom stereocenters. The molecule has 40 heavy (non-hydrogen) atoms. The van der Waals surface area contributed by atoms with Gasteiger partial charge in [0.05, 0.1) is 38.3 Å². The number of hydrogen-bond donors (Lipinski definition) is 3. The molecule has 0 aromatic heterocycles. The van der Waals surface area contributed by atoms with Crippen molar-refractivity contribution in [3.05, 3.63) is 58.7 Å². The van der Waals surface area contributed by atoms with Crippen molar-refractivity contribution in [2.75, 3.05) is 27.4 Å². The third-order valence-electron chi connectivity index (χ3n) is 8.02. The van der Waals surface area contributed by atoms with E-state index in [-0.39, 0.29) is 18.8 Å². The number of phenols is 1. The lowest BCUT2D eigenvalue weighted by molar-refractivity contribution is -0.137. The van der Waals surface area contributed by atoms with E-state index in [1.807, 2.05) is 30.3 Å². The number of ether oxygens (including phenoxy) is 2. The Balaban J connectivity index is 1.62. The summed E-state index contributed by atoms with van der Waals surface area (Å²) >= 11 is 0. The average molecular weight is 552 g/mol. The number of aliphatic hydroxyl groups excluding tert-OH is 2. The van der Waals surface area contributed by atoms with Gasteiger partial charge in [0.2, 0.25) is 11.8 Å². The maximum atomic E-state index is 13.2. The molecular formula is C31H37NO8. The molecule has 2 aromatic rings. The van der Waals surface area contributed by atoms with Crippen LogP contribution < -0.4 is 0 Å². The summed E-state index contributed by atoms with van der Waals surface area (Å²) < 4.78 is 10.0. The van der Waals surface area contributed by atoms with Gasteiger partial charge in [0.1, 0.15) is 5.75 Å². The van der Waals surface area contributed by atoms with Gasteiger partial charge in [-0.2, -0.15) is 4.90 Å². The Bertz CT molecular complexity index is 1350. The summed E-state index contributed by atoms with van der Waals surface area (Å²) in [5.41, 5.74) is 3.25. The van der Waals surface area contributed by atoms with Crippen molar-refractivity contribution in [2.24, 2.45) is 17.8 Å². The van der Waals surface area contributed by atoms with E-state index in [0.29, 0.717) is 28.9 Å². The second-order valence-corrected chi connectivity index (χ2v) is 10.4. The number of imide groups is 3. The van der Waals surface area contributed by atoms with Crippen molar-refractivity contribution in [3.8, 4) is 5.75 Å². The SMILES string of the molecule is CCC/C(=C\c1ccc(O)c2ccccc12)CC[C@@H](O)C1=C(COC)C[C@H]2C(=O)N(C(=O)OC)C(=O)[C@H]2[C@H]1CO. The molecule has 1 aliphatic carbocycles. The van der Waals surface area contributed by atoms with Gasteiger partial charge in [-0.15, -0.1) is 0 Å². The summed E-state index contributed by atoms with van der Waals surface area (Å²) in [5, 5.41) is 33.8. The van der Waals surface area contributed by atoms with Crippen LogP contribution in [0.5, 0.6) is 5.75 Å². The molecule has 214 valence electrons. The number of aromatic hydroxyl groups is 1. The maximum absolute atomic E-state index is 13.2. The van der Waals surface area contributed by atoms with Crippen LogP contribution in [0.2, 0.25) is 0 Å². The second kappa shape index (κ2) is 12.8. The van der Waals surface area contributed by atoms with Crippen molar-refractivity contribution in [2.45, 2.75) is 45.1 Å². The number of amides is 3. The minimum absolute atomic E-state index is 0.128. The van der Waals surface area contributed by atoms with E-state index in [1.165, 1.54) is 7.11 Å². The van der Waals surface area contributed by atoms with E-state index in [0.717, 1.165) is 41.9 Å². The van der Waals surface area contributed by atoms with Crippen LogP contribution in [0.4, 0.5) is 4.79 Å². The predicted molar refractivity (Wildman–Crippen MR) is 149 cm³/mol. The van der Waals surface area contributed by atoms with Crippen molar-refractivity contribution >= 4 is 34.8 Å². The highest BCUT2D eigenvalue weighted by Gasteiger charge is 2.57. The zero-order valence-electron chi connectivity index (χ0n) is 23.1. The van der Waals surface area contributed by atoms with E-state index < -0.39 is 48.4 Å². The smallest absolute Gasteiger partial charge is 0.423 e. The molecule has 4 rings (SSSR count). The van der Waals surface area contributed by atoms with Crippen LogP contribution in [0.15, 0.2) is 53.1 Å². The molecule has 9 nitrogen and oxygen atoms in total. The Labute approximate surface area is 233 Å². The number of phenolic OH excluding ortho intramolecular Hbond substituents is 1. The molecule has 1 aliphatic heterocycles. The topological polar surface area (TPSA) is 134 Å². The largest absolute Gasteiger partial charge is 0.507 e. The summed E-state index contributed by atoms with van der Waals surface area (Å²) in [7, 11) is 2.60. The van der Waals surface area contributed by atoms with Gasteiger partial charge in [-0.05, 0) is 53.8 Å². The van der Waals surface area contributed by atoms with Crippen LogP contribution in [0.25, 0.3) is 16.8 Å². The summed E-state index contributed by atoms with van der Waals surface area (Å²) in [4.78, 5) is 38.8. The van der Waals surface area contributed by atoms with E-state index in [1.54, 1.807) is 6.07 Å². The number of carbonyl (C=O) groups excluding carboxylic acids is 3. The molecule has 1 heterocycles. The van der Waals surface area contributed by atoms with Gasteiger partial charge >= 0.3 is 6.09 Å². The van der Waals surface area contributed by atoms with E-state index in [9.17, 15) is 29.7 Å². The average Bonchev–Trinajstić information content (AvgIpc) is 3.21. The monoisotopic (exact) mass is 551 g/mol. The fourth-order valence-corrected chi connectivity index (χ4v) is 6.26. The molecule has 0 saturated carbocycles. The number of methoxy groups -OCH3 is 2. The van der Waals surface area contributed by atoms with Gasteiger partial charge in [-0.3, -0.25) is 9.59 Å². The summed E-state index contributed by atoms with van der Waals surface area (Å²) in [5.74, 6) is -3.78. The number of nitrogens with zero attached hydrogens (tertiary/aromatic N) is 1. The molecule has 4 atom stereocenters. The lowest BCUT2D eigenvalue weighted by Gasteiger charge is -2.36. The number of rotatable bonds is 10. The zero-order valence-corrected chi connectivity index (χ0v) is 23.1. The van der Waals surface area contributed by atoms with Crippen molar-refractivity contribution in [3.63, 3.8) is 0 Å². The normalized spacial score (nSPS) is 22.2. The molecular weight excluding hydrogens is 514 g/mol. The van der Waals surface area contributed by atoms with Crippen molar-refractivity contribution in [1.82, 2.24) is 4.90 Å². The lowest BCUT2D eigenvalue weighted by Crippen LogP contribution is -2.40. The molecule has 2 aromatic carbocycles. The quantitative estimate of drug-likeness (QED) is 0.296. The predicted octanol–water partition coefficient (Wildman–Crippen LogP) is 4.19. The van der Waals surface area contributed by atoms with Gasteiger partial charge in [-0.25, -0.2) is 4.79 Å². The van der Waals surface area contributed by atoms with Crippen LogP contribution in [0.1, 0.15) is 44.6 Å². The molecule has 0 spiro atoms. The molecule has 0 bridgehead atoms. The van der Waals surface area contributed by atoms with Crippen molar-refractivity contribution in [1.29, 1.82) is 0 Å². The Kier molecular flexibility index (Phi) is 9.40. The number of benzene rings is 2. The van der Waals surface area contributed by atoms with E-state index in [4.69, 9.17) is 4.74 Å². The van der Waals surface area contributed by atoms with Gasteiger partial charge in [0.25, 0.3) is 0 Å². The van der Waals surface area contributed by atoms with Crippen LogP contribution in [0.3, 0.4) is 0 Å². The second-order valence-electron chi connectivity index (χ2n) is 10.4. The number of carbonyl (C=O) groups is 3. The molecule has 2 aliphatic rings. The Morgan fingerprint density at radius 1 is 1.10 bits per heavy atom. The minimum atomic E-state index is -1.05. The Morgan fingerprint density at radius 2 is 1.82 bits per heavy atom. The number of fused-ring (bicyclic) bond motifs is 2. The summed E-state index contributed by atoms with van der Waals surface area (Å²) in [6.07, 6.45) is 2.80. The van der Waals surface area contributed by atoms with Crippen LogP contribution in [-0.4, -0.2) is 71.7 Å². The molecule has 3 amide bonds. The fraction of sp³-hybridized carbons (Fsp3) is 0.452. The molecule has 3 N–H and O–H groups in total. The molecule has 0 radical (unpaired) electrons. The fourth-order valence-electron chi connectivity index (χ4n) is 6.26. The number of aliphatic hydroxyl groups is 2. The first-order valence-corrected chi connectivity index (χ1v) is 13.6. The van der Waals surface area contributed by atoms with Crippen LogP contribution >= 0.6 is 0 Å². The number of allylic oxidation sites excluding steroid dienone is 1. The molecule has 1 saturated heterocycles. The molecule has 1 fully saturated rings. The van der Waals surface area contributed by atoms with Crippen molar-refractivity contribution < 1.29 is 39.2 Å². The van der Waals surface area contributed by atoms with E-state index in [2.05, 4.69) is 17.7 Å². The first kappa shape index (κ1) is 29.5. The standard InChI is InChI=1S/C31H37NO8/c1-4-7-18(14-19-11-13-25(34)22-9-6-5-8-21(19)22)10-12-26(35)27-20(17-39-2)15-23-28(24(27)16-33)30(37)32(29(23)36)31(38)40-3/h5-6,8-9,11,13-14,23-24,26,28,33-35H,4,7,10,12,15-17H2,1-3H3/b18-14+/t23-,24+,26-,28-/m1/s1.